The molecule has 1 aliphatic carbocycles. The van der Waals surface area contributed by atoms with Crippen molar-refractivity contribution in [3.05, 3.63) is 30.4 Å². The Morgan fingerprint density at radius 1 is 1.40 bits per heavy atom. The van der Waals surface area contributed by atoms with E-state index in [2.05, 4.69) is 16.2 Å². The van der Waals surface area contributed by atoms with Crippen molar-refractivity contribution in [3.63, 3.8) is 0 Å². The van der Waals surface area contributed by atoms with Crippen molar-refractivity contribution in [1.29, 1.82) is 0 Å². The van der Waals surface area contributed by atoms with Crippen molar-refractivity contribution >= 4 is 5.78 Å². The summed E-state index contributed by atoms with van der Waals surface area (Å²) in [6, 6.07) is 0. The van der Waals surface area contributed by atoms with E-state index in [1.165, 1.54) is 18.4 Å². The zero-order chi connectivity index (χ0) is 10.3. The number of nitrogens with two attached hydrogens (primary N) is 1. The topological polar surface area (TPSA) is 56.2 Å². The molecule has 3 rings (SSSR count). The molecule has 0 bridgehead atoms. The van der Waals surface area contributed by atoms with Crippen molar-refractivity contribution in [2.45, 2.75) is 31.2 Å². The summed E-state index contributed by atoms with van der Waals surface area (Å²) in [7, 11) is 0. The minimum absolute atomic E-state index is 0.129. The van der Waals surface area contributed by atoms with E-state index in [9.17, 15) is 0 Å². The number of fused-ring (bicyclic) bond motifs is 1. The van der Waals surface area contributed by atoms with Gasteiger partial charge in [-0.2, -0.15) is 0 Å². The SMILES string of the molecule is NC1(CCc2cnc3nccn3c2)CC1. The van der Waals surface area contributed by atoms with Gasteiger partial charge in [0, 0.05) is 30.3 Å². The van der Waals surface area contributed by atoms with Gasteiger partial charge in [0.25, 0.3) is 0 Å². The van der Waals surface area contributed by atoms with Gasteiger partial charge in [0.15, 0.2) is 0 Å². The molecule has 0 saturated heterocycles. The maximum atomic E-state index is 6.05. The fraction of sp³-hybridized carbons (Fsp3) is 0.455. The van der Waals surface area contributed by atoms with Crippen LogP contribution in [0.25, 0.3) is 5.78 Å². The molecule has 0 amide bonds. The lowest BCUT2D eigenvalue weighted by Gasteiger charge is -2.07. The first-order chi connectivity index (χ1) is 7.25. The van der Waals surface area contributed by atoms with Crippen LogP contribution in [0.3, 0.4) is 0 Å². The van der Waals surface area contributed by atoms with Crippen LogP contribution in [-0.2, 0) is 6.42 Å². The van der Waals surface area contributed by atoms with Gasteiger partial charge in [-0.25, -0.2) is 9.97 Å². The van der Waals surface area contributed by atoms with Crippen molar-refractivity contribution in [2.75, 3.05) is 0 Å². The van der Waals surface area contributed by atoms with Gasteiger partial charge >= 0.3 is 0 Å². The van der Waals surface area contributed by atoms with E-state index in [1.807, 2.05) is 16.8 Å². The van der Waals surface area contributed by atoms with E-state index in [0.29, 0.717) is 0 Å². The van der Waals surface area contributed by atoms with Crippen LogP contribution in [0.4, 0.5) is 0 Å². The van der Waals surface area contributed by atoms with Crippen molar-refractivity contribution in [2.24, 2.45) is 5.73 Å². The number of nitrogens with zero attached hydrogens (tertiary/aromatic N) is 3. The highest BCUT2D eigenvalue weighted by atomic mass is 15.1. The van der Waals surface area contributed by atoms with Crippen LogP contribution >= 0.6 is 0 Å². The van der Waals surface area contributed by atoms with Gasteiger partial charge in [-0.1, -0.05) is 0 Å². The van der Waals surface area contributed by atoms with E-state index in [-0.39, 0.29) is 5.54 Å². The second-order valence-electron chi connectivity index (χ2n) is 4.46. The summed E-state index contributed by atoms with van der Waals surface area (Å²) in [6.07, 6.45) is 12.1. The first-order valence-electron chi connectivity index (χ1n) is 5.32. The molecular formula is C11H14N4. The fourth-order valence-corrected chi connectivity index (χ4v) is 1.79. The monoisotopic (exact) mass is 202 g/mol. The predicted octanol–water partition coefficient (Wildman–Crippen LogP) is 1.15. The molecule has 0 aliphatic heterocycles. The smallest absolute Gasteiger partial charge is 0.233 e. The number of aryl methyl sites for hydroxylation is 1. The molecule has 0 unspecified atom stereocenters. The summed E-state index contributed by atoms with van der Waals surface area (Å²) in [4.78, 5) is 8.38. The molecule has 0 radical (unpaired) electrons. The van der Waals surface area contributed by atoms with Gasteiger partial charge in [0.1, 0.15) is 0 Å². The molecule has 15 heavy (non-hydrogen) atoms. The van der Waals surface area contributed by atoms with Gasteiger partial charge in [0.05, 0.1) is 0 Å². The maximum Gasteiger partial charge on any atom is 0.233 e. The molecule has 1 fully saturated rings. The van der Waals surface area contributed by atoms with Crippen LogP contribution < -0.4 is 5.73 Å². The van der Waals surface area contributed by atoms with Crippen LogP contribution in [0.5, 0.6) is 0 Å². The zero-order valence-corrected chi connectivity index (χ0v) is 8.56. The fourth-order valence-electron chi connectivity index (χ4n) is 1.79. The highest BCUT2D eigenvalue weighted by molar-refractivity contribution is 5.28. The molecule has 4 nitrogen and oxygen atoms in total. The Hall–Kier alpha value is -1.42. The molecule has 78 valence electrons. The van der Waals surface area contributed by atoms with E-state index in [4.69, 9.17) is 5.73 Å². The zero-order valence-electron chi connectivity index (χ0n) is 8.56. The Labute approximate surface area is 88.1 Å². The number of aromatic nitrogens is 3. The summed E-state index contributed by atoms with van der Waals surface area (Å²) in [5.41, 5.74) is 7.41. The summed E-state index contributed by atoms with van der Waals surface area (Å²) in [6.45, 7) is 0. The standard InChI is InChI=1S/C11H14N4/c12-11(3-4-11)2-1-9-7-14-10-13-5-6-15(10)8-9/h5-8H,1-4,12H2. The quantitative estimate of drug-likeness (QED) is 0.812. The first kappa shape index (κ1) is 8.85. The van der Waals surface area contributed by atoms with Crippen molar-refractivity contribution < 1.29 is 0 Å². The molecule has 1 aliphatic rings. The number of imidazole rings is 1. The molecule has 0 spiro atoms. The number of hydrogen-bond acceptors (Lipinski definition) is 3. The Bertz CT molecular complexity index is 484. The summed E-state index contributed by atoms with van der Waals surface area (Å²) < 4.78 is 1.95. The Morgan fingerprint density at radius 3 is 3.07 bits per heavy atom. The predicted molar refractivity (Wildman–Crippen MR) is 57.5 cm³/mol. The maximum absolute atomic E-state index is 6.05. The lowest BCUT2D eigenvalue weighted by Crippen LogP contribution is -2.22. The normalized spacial score (nSPS) is 18.2. The minimum Gasteiger partial charge on any atom is -0.325 e. The average molecular weight is 202 g/mol. The summed E-state index contributed by atoms with van der Waals surface area (Å²) in [5, 5.41) is 0. The Kier molecular flexibility index (Phi) is 1.79. The van der Waals surface area contributed by atoms with E-state index >= 15 is 0 Å². The molecule has 0 aromatic carbocycles. The van der Waals surface area contributed by atoms with Crippen LogP contribution in [0.15, 0.2) is 24.8 Å². The lowest BCUT2D eigenvalue weighted by atomic mass is 10.1. The molecule has 2 N–H and O–H groups in total. The highest BCUT2D eigenvalue weighted by Gasteiger charge is 2.37. The molecule has 2 aromatic rings. The third-order valence-electron chi connectivity index (χ3n) is 3.10. The van der Waals surface area contributed by atoms with Gasteiger partial charge in [-0.15, -0.1) is 0 Å². The van der Waals surface area contributed by atoms with Crippen molar-refractivity contribution in [3.8, 4) is 0 Å². The first-order valence-corrected chi connectivity index (χ1v) is 5.32. The van der Waals surface area contributed by atoms with Crippen molar-refractivity contribution in [1.82, 2.24) is 14.4 Å². The third kappa shape index (κ3) is 1.72. The Balaban J connectivity index is 1.78. The van der Waals surface area contributed by atoms with E-state index < -0.39 is 0 Å². The summed E-state index contributed by atoms with van der Waals surface area (Å²) in [5.74, 6) is 0.757. The minimum atomic E-state index is 0.129. The highest BCUT2D eigenvalue weighted by Crippen LogP contribution is 2.36. The van der Waals surface area contributed by atoms with Gasteiger partial charge < -0.3 is 5.73 Å². The number of rotatable bonds is 3. The molecule has 2 aromatic heterocycles. The largest absolute Gasteiger partial charge is 0.325 e. The molecule has 4 heteroatoms. The Morgan fingerprint density at radius 2 is 2.27 bits per heavy atom. The van der Waals surface area contributed by atoms with Crippen LogP contribution in [0, 0.1) is 0 Å². The molecular weight excluding hydrogens is 188 g/mol. The van der Waals surface area contributed by atoms with Crippen LogP contribution in [0.2, 0.25) is 0 Å². The lowest BCUT2D eigenvalue weighted by molar-refractivity contribution is 0.607. The van der Waals surface area contributed by atoms with E-state index in [0.717, 1.165) is 18.6 Å². The molecule has 0 atom stereocenters. The second kappa shape index (κ2) is 3.03. The van der Waals surface area contributed by atoms with Gasteiger partial charge in [-0.05, 0) is 31.2 Å². The molecule has 2 heterocycles. The van der Waals surface area contributed by atoms with Gasteiger partial charge in [-0.3, -0.25) is 4.40 Å². The molecule has 1 saturated carbocycles. The average Bonchev–Trinajstić information content (AvgIpc) is 2.80. The van der Waals surface area contributed by atoms with Crippen LogP contribution in [0.1, 0.15) is 24.8 Å². The van der Waals surface area contributed by atoms with Crippen LogP contribution in [-0.4, -0.2) is 19.9 Å². The van der Waals surface area contributed by atoms with E-state index in [1.54, 1.807) is 6.20 Å². The number of hydrogen-bond donors (Lipinski definition) is 1. The third-order valence-corrected chi connectivity index (χ3v) is 3.10. The van der Waals surface area contributed by atoms with Gasteiger partial charge in [0.2, 0.25) is 5.78 Å². The second-order valence-corrected chi connectivity index (χ2v) is 4.46. The summed E-state index contributed by atoms with van der Waals surface area (Å²) >= 11 is 0.